The zero-order valence-corrected chi connectivity index (χ0v) is 10.9. The Hall–Kier alpha value is -1.95. The number of fused-ring (bicyclic) bond motifs is 1. The fraction of sp³-hybridized carbons (Fsp3) is 0.429. The van der Waals surface area contributed by atoms with Crippen molar-refractivity contribution in [2.75, 3.05) is 13.2 Å². The van der Waals surface area contributed by atoms with Crippen molar-refractivity contribution >= 4 is 17.0 Å². The molecule has 1 aliphatic heterocycles. The number of para-hydroxylation sites is 1. The Morgan fingerprint density at radius 1 is 1.45 bits per heavy atom. The smallest absolute Gasteiger partial charge is 0.323 e. The minimum Gasteiger partial charge on any atom is -0.480 e. The van der Waals surface area contributed by atoms with Crippen molar-refractivity contribution in [3.8, 4) is 0 Å². The van der Waals surface area contributed by atoms with Crippen LogP contribution in [-0.2, 0) is 16.1 Å². The van der Waals surface area contributed by atoms with E-state index in [1.165, 1.54) is 10.6 Å². The first-order valence-corrected chi connectivity index (χ1v) is 6.61. The predicted molar refractivity (Wildman–Crippen MR) is 70.1 cm³/mol. The zero-order chi connectivity index (χ0) is 14.1. The Kier molecular flexibility index (Phi) is 3.40. The Bertz CT molecular complexity index is 647. The number of hydrogen-bond donors (Lipinski definition) is 1. The molecule has 1 aromatic carbocycles. The van der Waals surface area contributed by atoms with Crippen LogP contribution in [0.1, 0.15) is 24.6 Å². The number of hydrogen-bond acceptors (Lipinski definition) is 3. The van der Waals surface area contributed by atoms with Crippen LogP contribution in [0.2, 0.25) is 0 Å². The van der Waals surface area contributed by atoms with Crippen LogP contribution in [-0.4, -0.2) is 33.8 Å². The van der Waals surface area contributed by atoms with E-state index in [0.29, 0.717) is 24.6 Å². The van der Waals surface area contributed by atoms with E-state index in [0.717, 1.165) is 12.8 Å². The third-order valence-corrected chi connectivity index (χ3v) is 3.63. The van der Waals surface area contributed by atoms with Crippen molar-refractivity contribution in [2.24, 2.45) is 0 Å². The van der Waals surface area contributed by atoms with Gasteiger partial charge in [-0.1, -0.05) is 6.07 Å². The molecule has 0 amide bonds. The van der Waals surface area contributed by atoms with Gasteiger partial charge in [0, 0.05) is 19.1 Å². The Labute approximate surface area is 115 Å². The lowest BCUT2D eigenvalue weighted by atomic mass is 9.99. The molecular formula is C14H15FN2O3. The first kappa shape index (κ1) is 13.1. The molecule has 2 aromatic rings. The van der Waals surface area contributed by atoms with Crippen LogP contribution in [0.15, 0.2) is 18.2 Å². The van der Waals surface area contributed by atoms with Crippen molar-refractivity contribution in [1.29, 1.82) is 0 Å². The molecule has 106 valence electrons. The van der Waals surface area contributed by atoms with Crippen molar-refractivity contribution in [3.63, 3.8) is 0 Å². The van der Waals surface area contributed by atoms with E-state index in [1.807, 2.05) is 0 Å². The lowest BCUT2D eigenvalue weighted by Crippen LogP contribution is -2.20. The van der Waals surface area contributed by atoms with E-state index in [1.54, 1.807) is 12.1 Å². The predicted octanol–water partition coefficient (Wildman–Crippen LogP) is 2.15. The van der Waals surface area contributed by atoms with E-state index in [-0.39, 0.29) is 18.0 Å². The zero-order valence-electron chi connectivity index (χ0n) is 10.9. The number of carboxylic acid groups (broad SMARTS) is 1. The Morgan fingerprint density at radius 2 is 2.20 bits per heavy atom. The number of halogens is 1. The molecule has 0 aliphatic carbocycles. The van der Waals surface area contributed by atoms with Gasteiger partial charge in [-0.15, -0.1) is 0 Å². The van der Waals surface area contributed by atoms with Crippen LogP contribution in [0.4, 0.5) is 4.39 Å². The van der Waals surface area contributed by atoms with Gasteiger partial charge in [0.05, 0.1) is 5.52 Å². The van der Waals surface area contributed by atoms with Crippen LogP contribution >= 0.6 is 0 Å². The quantitative estimate of drug-likeness (QED) is 0.934. The first-order valence-electron chi connectivity index (χ1n) is 6.61. The maximum absolute atomic E-state index is 14.0. The minimum atomic E-state index is -0.999. The van der Waals surface area contributed by atoms with Crippen LogP contribution in [0, 0.1) is 5.82 Å². The normalized spacial score (nSPS) is 16.6. The summed E-state index contributed by atoms with van der Waals surface area (Å²) in [5, 5.41) is 9.06. The summed E-state index contributed by atoms with van der Waals surface area (Å²) in [7, 11) is 0. The monoisotopic (exact) mass is 278 g/mol. The number of benzene rings is 1. The van der Waals surface area contributed by atoms with E-state index in [9.17, 15) is 9.18 Å². The molecule has 5 nitrogen and oxygen atoms in total. The van der Waals surface area contributed by atoms with Crippen molar-refractivity contribution in [2.45, 2.75) is 25.3 Å². The average molecular weight is 278 g/mol. The molecule has 3 rings (SSSR count). The molecule has 0 spiro atoms. The van der Waals surface area contributed by atoms with Gasteiger partial charge in [-0.05, 0) is 25.0 Å². The lowest BCUT2D eigenvalue weighted by molar-refractivity contribution is -0.137. The van der Waals surface area contributed by atoms with Gasteiger partial charge >= 0.3 is 5.97 Å². The highest BCUT2D eigenvalue weighted by molar-refractivity contribution is 5.79. The molecule has 1 aliphatic rings. The maximum Gasteiger partial charge on any atom is 0.323 e. The molecule has 2 heterocycles. The first-order chi connectivity index (χ1) is 9.66. The molecule has 6 heteroatoms. The molecule has 1 aromatic heterocycles. The van der Waals surface area contributed by atoms with Crippen LogP contribution in [0.5, 0.6) is 0 Å². The van der Waals surface area contributed by atoms with E-state index in [4.69, 9.17) is 9.84 Å². The van der Waals surface area contributed by atoms with E-state index in [2.05, 4.69) is 4.98 Å². The number of aliphatic carboxylic acids is 1. The van der Waals surface area contributed by atoms with Crippen molar-refractivity contribution in [3.05, 3.63) is 29.8 Å². The van der Waals surface area contributed by atoms with Gasteiger partial charge in [0.15, 0.2) is 0 Å². The van der Waals surface area contributed by atoms with Crippen molar-refractivity contribution < 1.29 is 19.0 Å². The third kappa shape index (κ3) is 2.27. The summed E-state index contributed by atoms with van der Waals surface area (Å²) < 4.78 is 20.8. The van der Waals surface area contributed by atoms with Gasteiger partial charge in [-0.3, -0.25) is 4.79 Å². The topological polar surface area (TPSA) is 64.3 Å². The van der Waals surface area contributed by atoms with Gasteiger partial charge in [0.1, 0.15) is 23.7 Å². The van der Waals surface area contributed by atoms with Gasteiger partial charge in [0.25, 0.3) is 0 Å². The summed E-state index contributed by atoms with van der Waals surface area (Å²) in [6, 6.07) is 4.62. The number of carboxylic acids is 1. The molecule has 0 saturated carbocycles. The second-order valence-electron chi connectivity index (χ2n) is 4.94. The summed E-state index contributed by atoms with van der Waals surface area (Å²) in [5.41, 5.74) is 0.782. The van der Waals surface area contributed by atoms with E-state index >= 15 is 0 Å². The van der Waals surface area contributed by atoms with Crippen LogP contribution in [0.25, 0.3) is 11.0 Å². The molecule has 0 unspecified atom stereocenters. The second-order valence-corrected chi connectivity index (χ2v) is 4.94. The average Bonchev–Trinajstić information content (AvgIpc) is 2.79. The summed E-state index contributed by atoms with van der Waals surface area (Å²) >= 11 is 0. The fourth-order valence-electron chi connectivity index (χ4n) is 2.72. The van der Waals surface area contributed by atoms with Crippen molar-refractivity contribution in [1.82, 2.24) is 9.55 Å². The van der Waals surface area contributed by atoms with Crippen LogP contribution in [0.3, 0.4) is 0 Å². The maximum atomic E-state index is 14.0. The molecule has 0 radical (unpaired) electrons. The number of nitrogens with zero attached hydrogens (tertiary/aromatic N) is 2. The SMILES string of the molecule is O=C(O)Cn1c(C2CCOCC2)nc2cccc(F)c21. The Morgan fingerprint density at radius 3 is 2.90 bits per heavy atom. The van der Waals surface area contributed by atoms with Crippen LogP contribution < -0.4 is 0 Å². The summed E-state index contributed by atoms with van der Waals surface area (Å²) in [6.07, 6.45) is 1.56. The summed E-state index contributed by atoms with van der Waals surface area (Å²) in [6.45, 7) is 0.983. The third-order valence-electron chi connectivity index (χ3n) is 3.63. The largest absolute Gasteiger partial charge is 0.480 e. The summed E-state index contributed by atoms with van der Waals surface area (Å²) in [4.78, 5) is 15.5. The lowest BCUT2D eigenvalue weighted by Gasteiger charge is -2.22. The van der Waals surface area contributed by atoms with Gasteiger partial charge in [-0.25, -0.2) is 9.37 Å². The molecule has 1 N–H and O–H groups in total. The number of carbonyl (C=O) groups is 1. The van der Waals surface area contributed by atoms with E-state index < -0.39 is 11.8 Å². The van der Waals surface area contributed by atoms with Gasteiger partial charge < -0.3 is 14.4 Å². The molecule has 1 fully saturated rings. The number of ether oxygens (including phenoxy) is 1. The van der Waals surface area contributed by atoms with Gasteiger partial charge in [-0.2, -0.15) is 0 Å². The fourth-order valence-corrected chi connectivity index (χ4v) is 2.72. The molecule has 20 heavy (non-hydrogen) atoms. The highest BCUT2D eigenvalue weighted by atomic mass is 19.1. The second kappa shape index (κ2) is 5.20. The number of rotatable bonds is 3. The number of imidazole rings is 1. The molecule has 0 bridgehead atoms. The Balaban J connectivity index is 2.14. The highest BCUT2D eigenvalue weighted by Crippen LogP contribution is 2.30. The number of aromatic nitrogens is 2. The molecule has 1 saturated heterocycles. The minimum absolute atomic E-state index is 0.120. The molecular weight excluding hydrogens is 263 g/mol. The van der Waals surface area contributed by atoms with Gasteiger partial charge in [0.2, 0.25) is 0 Å². The highest BCUT2D eigenvalue weighted by Gasteiger charge is 2.24. The summed E-state index contributed by atoms with van der Waals surface area (Å²) in [5.74, 6) is -0.666. The standard InChI is InChI=1S/C14H15FN2O3/c15-10-2-1-3-11-13(10)17(8-12(18)19)14(16-11)9-4-6-20-7-5-9/h1-3,9H,4-8H2,(H,18,19). The molecule has 0 atom stereocenters.